The number of nitrogen functional groups attached to an aromatic ring is 1. The highest BCUT2D eigenvalue weighted by Crippen LogP contribution is 2.36. The quantitative estimate of drug-likeness (QED) is 0.397. The maximum atomic E-state index is 9.42. The summed E-state index contributed by atoms with van der Waals surface area (Å²) in [5, 5.41) is 17.2. The molecule has 9 nitrogen and oxygen atoms in total. The van der Waals surface area contributed by atoms with Gasteiger partial charge in [0, 0.05) is 22.6 Å². The molecule has 172 valence electrons. The lowest BCUT2D eigenvalue weighted by atomic mass is 9.98. The summed E-state index contributed by atoms with van der Waals surface area (Å²) in [5.41, 5.74) is 14.0. The minimum Gasteiger partial charge on any atom is -0.368 e. The second kappa shape index (κ2) is 8.83. The number of aromatic nitrogens is 6. The maximum absolute atomic E-state index is 9.42. The van der Waals surface area contributed by atoms with Crippen LogP contribution in [0.4, 0.5) is 11.9 Å². The molecule has 3 N–H and O–H groups in total. The van der Waals surface area contributed by atoms with E-state index in [-0.39, 0.29) is 5.95 Å². The summed E-state index contributed by atoms with van der Waals surface area (Å²) in [6, 6.07) is 19.3. The molecule has 4 aromatic heterocycles. The van der Waals surface area contributed by atoms with Gasteiger partial charge in [-0.1, -0.05) is 18.2 Å². The van der Waals surface area contributed by atoms with Crippen LogP contribution in [0.25, 0.3) is 28.0 Å². The number of pyridine rings is 2. The van der Waals surface area contributed by atoms with Crippen molar-refractivity contribution in [2.75, 3.05) is 11.1 Å². The van der Waals surface area contributed by atoms with E-state index in [4.69, 9.17) is 15.7 Å². The van der Waals surface area contributed by atoms with Gasteiger partial charge in [-0.2, -0.15) is 14.8 Å². The highest BCUT2D eigenvalue weighted by molar-refractivity contribution is 5.91. The van der Waals surface area contributed by atoms with E-state index in [1.807, 2.05) is 63.2 Å². The molecular weight excluding hydrogens is 438 g/mol. The Hall–Kier alpha value is -4.84. The Morgan fingerprint density at radius 3 is 2.40 bits per heavy atom. The van der Waals surface area contributed by atoms with Crippen LogP contribution >= 0.6 is 0 Å². The molecular formula is C26H23N9. The van der Waals surface area contributed by atoms with Gasteiger partial charge in [0.05, 0.1) is 35.1 Å². The summed E-state index contributed by atoms with van der Waals surface area (Å²) < 4.78 is 1.53. The van der Waals surface area contributed by atoms with Crippen LogP contribution in [0.5, 0.6) is 0 Å². The van der Waals surface area contributed by atoms with Gasteiger partial charge in [-0.15, -0.1) is 5.10 Å². The van der Waals surface area contributed by atoms with Crippen molar-refractivity contribution in [3.8, 4) is 28.5 Å². The lowest BCUT2D eigenvalue weighted by Crippen LogP contribution is -2.06. The summed E-state index contributed by atoms with van der Waals surface area (Å²) in [6.45, 7) is 6.30. The number of nitriles is 1. The van der Waals surface area contributed by atoms with Crippen LogP contribution in [-0.2, 0) is 6.54 Å². The van der Waals surface area contributed by atoms with Gasteiger partial charge < -0.3 is 11.1 Å². The van der Waals surface area contributed by atoms with Gasteiger partial charge in [-0.05, 0) is 62.7 Å². The van der Waals surface area contributed by atoms with E-state index in [1.165, 1.54) is 4.52 Å². The molecule has 0 aliphatic rings. The first-order valence-electron chi connectivity index (χ1n) is 11.1. The van der Waals surface area contributed by atoms with Crippen molar-refractivity contribution in [2.24, 2.45) is 0 Å². The van der Waals surface area contributed by atoms with E-state index < -0.39 is 0 Å². The lowest BCUT2D eigenvalue weighted by molar-refractivity contribution is 0.926. The topological polar surface area (TPSA) is 131 Å². The Labute approximate surface area is 202 Å². The number of fused-ring (bicyclic) bond motifs is 1. The van der Waals surface area contributed by atoms with Gasteiger partial charge in [0.2, 0.25) is 11.9 Å². The Bertz CT molecular complexity index is 1590. The fourth-order valence-electron chi connectivity index (χ4n) is 4.09. The van der Waals surface area contributed by atoms with Crippen molar-refractivity contribution in [3.63, 3.8) is 0 Å². The minimum absolute atomic E-state index is 0.192. The van der Waals surface area contributed by atoms with Crippen molar-refractivity contribution in [1.29, 1.82) is 5.26 Å². The Morgan fingerprint density at radius 2 is 1.66 bits per heavy atom. The molecule has 0 spiro atoms. The van der Waals surface area contributed by atoms with Gasteiger partial charge in [-0.25, -0.2) is 4.98 Å². The van der Waals surface area contributed by atoms with Crippen LogP contribution in [0.2, 0.25) is 0 Å². The molecule has 1 aromatic carbocycles. The van der Waals surface area contributed by atoms with Crippen LogP contribution in [0, 0.1) is 32.1 Å². The molecule has 0 fully saturated rings. The number of hydrogen-bond acceptors (Lipinski definition) is 8. The first-order valence-corrected chi connectivity index (χ1v) is 11.1. The number of nitrogens with two attached hydrogens (primary N) is 1. The molecule has 0 unspecified atom stereocenters. The molecule has 0 aliphatic carbocycles. The van der Waals surface area contributed by atoms with Gasteiger partial charge in [0.25, 0.3) is 0 Å². The fourth-order valence-corrected chi connectivity index (χ4v) is 4.09. The maximum Gasteiger partial charge on any atom is 0.243 e. The first-order chi connectivity index (χ1) is 16.9. The normalized spacial score (nSPS) is 10.9. The van der Waals surface area contributed by atoms with Crippen molar-refractivity contribution in [1.82, 2.24) is 29.5 Å². The molecule has 4 heterocycles. The zero-order valence-corrected chi connectivity index (χ0v) is 19.6. The number of anilines is 2. The summed E-state index contributed by atoms with van der Waals surface area (Å²) in [6.07, 6.45) is 0. The number of aryl methyl sites for hydroxylation is 3. The van der Waals surface area contributed by atoms with Gasteiger partial charge >= 0.3 is 0 Å². The molecule has 5 rings (SSSR count). The summed E-state index contributed by atoms with van der Waals surface area (Å²) >= 11 is 0. The van der Waals surface area contributed by atoms with Crippen LogP contribution in [0.15, 0.2) is 54.6 Å². The highest BCUT2D eigenvalue weighted by atomic mass is 15.4. The Balaban J connectivity index is 1.69. The number of rotatable bonds is 5. The Kier molecular flexibility index (Phi) is 5.55. The molecule has 0 amide bonds. The minimum atomic E-state index is 0.192. The molecule has 0 bridgehead atoms. The molecule has 0 saturated heterocycles. The number of hydrogen-bond donors (Lipinski definition) is 2. The van der Waals surface area contributed by atoms with E-state index in [1.54, 1.807) is 12.1 Å². The predicted octanol–water partition coefficient (Wildman–Crippen LogP) is 4.24. The summed E-state index contributed by atoms with van der Waals surface area (Å²) in [5.74, 6) is 0.603. The van der Waals surface area contributed by atoms with E-state index in [0.717, 1.165) is 39.5 Å². The monoisotopic (exact) mass is 461 g/mol. The molecule has 0 atom stereocenters. The van der Waals surface area contributed by atoms with Crippen LogP contribution in [0.3, 0.4) is 0 Å². The van der Waals surface area contributed by atoms with E-state index in [9.17, 15) is 5.26 Å². The van der Waals surface area contributed by atoms with E-state index >= 15 is 0 Å². The third-order valence-electron chi connectivity index (χ3n) is 5.52. The zero-order valence-electron chi connectivity index (χ0n) is 19.6. The third kappa shape index (κ3) is 4.37. The molecule has 0 aliphatic heterocycles. The van der Waals surface area contributed by atoms with E-state index in [2.05, 4.69) is 26.5 Å². The zero-order chi connectivity index (χ0) is 24.5. The second-order valence-electron chi connectivity index (χ2n) is 8.32. The number of nitrogens with zero attached hydrogens (tertiary/aromatic N) is 7. The Morgan fingerprint density at radius 1 is 0.886 bits per heavy atom. The fraction of sp³-hybridized carbons (Fsp3) is 0.154. The SMILES string of the molecule is Cc1cc(-c2c(-c3cccc(C#N)c3)nc(N)n3nc(NCc4cccc(C)n4)nc23)cc(C)n1. The van der Waals surface area contributed by atoms with Gasteiger partial charge in [-0.3, -0.25) is 9.97 Å². The third-order valence-corrected chi connectivity index (χ3v) is 5.52. The van der Waals surface area contributed by atoms with Crippen molar-refractivity contribution < 1.29 is 0 Å². The largest absolute Gasteiger partial charge is 0.368 e. The van der Waals surface area contributed by atoms with Gasteiger partial charge in [0.1, 0.15) is 0 Å². The predicted molar refractivity (Wildman–Crippen MR) is 134 cm³/mol. The smallest absolute Gasteiger partial charge is 0.243 e. The van der Waals surface area contributed by atoms with Crippen molar-refractivity contribution in [3.05, 3.63) is 82.9 Å². The molecule has 5 aromatic rings. The highest BCUT2D eigenvalue weighted by Gasteiger charge is 2.21. The summed E-state index contributed by atoms with van der Waals surface area (Å²) in [7, 11) is 0. The first kappa shape index (κ1) is 22.0. The average molecular weight is 462 g/mol. The van der Waals surface area contributed by atoms with Crippen molar-refractivity contribution in [2.45, 2.75) is 27.3 Å². The van der Waals surface area contributed by atoms with Gasteiger partial charge in [0.15, 0.2) is 5.65 Å². The number of nitrogens with one attached hydrogen (secondary N) is 1. The molecule has 9 heteroatoms. The number of benzene rings is 1. The standard InChI is InChI=1S/C26H23N9/c1-15-6-4-9-21(31-15)14-29-26-33-24-22(20-10-16(2)30-17(3)11-20)23(32-25(28)35(24)34-26)19-8-5-7-18(12-19)13-27/h4-12H,14H2,1-3H3,(H2,28,32)(H,29,34). The average Bonchev–Trinajstić information content (AvgIpc) is 3.27. The molecule has 0 saturated carbocycles. The van der Waals surface area contributed by atoms with Crippen LogP contribution in [0.1, 0.15) is 28.3 Å². The molecule has 35 heavy (non-hydrogen) atoms. The molecule has 0 radical (unpaired) electrons. The second-order valence-corrected chi connectivity index (χ2v) is 8.32. The van der Waals surface area contributed by atoms with Crippen LogP contribution < -0.4 is 11.1 Å². The van der Waals surface area contributed by atoms with Crippen molar-refractivity contribution >= 4 is 17.5 Å². The summed E-state index contributed by atoms with van der Waals surface area (Å²) in [4.78, 5) is 18.5. The van der Waals surface area contributed by atoms with E-state index in [0.29, 0.717) is 29.4 Å². The lowest BCUT2D eigenvalue weighted by Gasteiger charge is -2.13. The van der Waals surface area contributed by atoms with Crippen LogP contribution in [-0.4, -0.2) is 29.5 Å².